The second kappa shape index (κ2) is 4.82. The molecule has 2 unspecified atom stereocenters. The number of nitrogens with zero attached hydrogens (tertiary/aromatic N) is 1. The summed E-state index contributed by atoms with van der Waals surface area (Å²) in [6, 6.07) is 0.966. The van der Waals surface area contributed by atoms with Gasteiger partial charge in [-0.25, -0.2) is 0 Å². The molecule has 2 nitrogen and oxygen atoms in total. The molecular weight excluding hydrogens is 219 g/mol. The van der Waals surface area contributed by atoms with E-state index in [1.807, 2.05) is 0 Å². The molecule has 1 aromatic heterocycles. The normalized spacial score (nSPS) is 15.9. The van der Waals surface area contributed by atoms with Crippen molar-refractivity contribution in [1.82, 2.24) is 4.98 Å². The second-order valence-corrected chi connectivity index (χ2v) is 3.95. The highest BCUT2D eigenvalue weighted by atomic mass is 19.4. The van der Waals surface area contributed by atoms with Crippen LogP contribution in [-0.2, 0) is 6.18 Å². The van der Waals surface area contributed by atoms with E-state index in [1.54, 1.807) is 13.8 Å². The molecule has 0 fully saturated rings. The molecule has 0 aliphatic rings. The molecule has 0 spiro atoms. The van der Waals surface area contributed by atoms with Crippen LogP contribution < -0.4 is 0 Å². The molecule has 1 N–H and O–H groups in total. The van der Waals surface area contributed by atoms with Gasteiger partial charge in [0.15, 0.2) is 0 Å². The van der Waals surface area contributed by atoms with Crippen LogP contribution in [-0.4, -0.2) is 16.2 Å². The quantitative estimate of drug-likeness (QED) is 0.870. The van der Waals surface area contributed by atoms with E-state index in [2.05, 4.69) is 4.98 Å². The van der Waals surface area contributed by atoms with Crippen molar-refractivity contribution in [3.8, 4) is 0 Å². The fourth-order valence-corrected chi connectivity index (χ4v) is 1.70. The largest absolute Gasteiger partial charge is 0.416 e. The summed E-state index contributed by atoms with van der Waals surface area (Å²) in [5.41, 5.74) is -0.536. The molecule has 90 valence electrons. The first-order valence-corrected chi connectivity index (χ1v) is 5.01. The Morgan fingerprint density at radius 1 is 1.38 bits per heavy atom. The minimum Gasteiger partial charge on any atom is -0.393 e. The monoisotopic (exact) mass is 233 g/mol. The summed E-state index contributed by atoms with van der Waals surface area (Å²) in [7, 11) is 0. The Labute approximate surface area is 92.1 Å². The van der Waals surface area contributed by atoms with Crippen molar-refractivity contribution < 1.29 is 18.3 Å². The maximum Gasteiger partial charge on any atom is 0.416 e. The number of aliphatic hydroxyl groups is 1. The molecule has 0 saturated heterocycles. The molecule has 2 atom stereocenters. The third-order valence-electron chi connectivity index (χ3n) is 2.38. The molecule has 0 bridgehead atoms. The molecule has 0 amide bonds. The Morgan fingerprint density at radius 2 is 2.00 bits per heavy atom. The standard InChI is InChI=1S/C11H14F3NO/c1-7(5-8(2)16)9-6-15-4-3-10(9)11(12,13)14/h3-4,6-8,16H,5H2,1-2H3. The zero-order chi connectivity index (χ0) is 12.3. The van der Waals surface area contributed by atoms with E-state index >= 15 is 0 Å². The van der Waals surface area contributed by atoms with Gasteiger partial charge in [-0.3, -0.25) is 4.98 Å². The van der Waals surface area contributed by atoms with Crippen LogP contribution in [0.2, 0.25) is 0 Å². The molecule has 0 radical (unpaired) electrons. The molecule has 1 heterocycles. The van der Waals surface area contributed by atoms with Crippen molar-refractivity contribution in [3.05, 3.63) is 29.6 Å². The molecular formula is C11H14F3NO. The third-order valence-corrected chi connectivity index (χ3v) is 2.38. The molecule has 0 aromatic carbocycles. The molecule has 0 aliphatic heterocycles. The molecule has 0 aliphatic carbocycles. The van der Waals surface area contributed by atoms with E-state index in [1.165, 1.54) is 6.20 Å². The number of aliphatic hydroxyl groups excluding tert-OH is 1. The molecule has 1 rings (SSSR count). The molecule has 0 saturated carbocycles. The lowest BCUT2D eigenvalue weighted by Gasteiger charge is -2.18. The molecule has 1 aromatic rings. The van der Waals surface area contributed by atoms with Crippen LogP contribution in [0.3, 0.4) is 0 Å². The van der Waals surface area contributed by atoms with E-state index in [4.69, 9.17) is 0 Å². The smallest absolute Gasteiger partial charge is 0.393 e. The maximum absolute atomic E-state index is 12.7. The van der Waals surface area contributed by atoms with E-state index in [9.17, 15) is 18.3 Å². The van der Waals surface area contributed by atoms with Gasteiger partial charge in [-0.15, -0.1) is 0 Å². The Hall–Kier alpha value is -1.10. The average molecular weight is 233 g/mol. The lowest BCUT2D eigenvalue weighted by atomic mass is 9.93. The van der Waals surface area contributed by atoms with Gasteiger partial charge in [0.25, 0.3) is 0 Å². The number of halogens is 3. The Morgan fingerprint density at radius 3 is 2.50 bits per heavy atom. The van der Waals surface area contributed by atoms with Crippen LogP contribution in [0.25, 0.3) is 0 Å². The summed E-state index contributed by atoms with van der Waals surface area (Å²) < 4.78 is 38.0. The maximum atomic E-state index is 12.7. The summed E-state index contributed by atoms with van der Waals surface area (Å²) in [6.07, 6.45) is -2.37. The van der Waals surface area contributed by atoms with Crippen LogP contribution in [0.15, 0.2) is 18.5 Å². The molecule has 5 heteroatoms. The van der Waals surface area contributed by atoms with Crippen molar-refractivity contribution in [3.63, 3.8) is 0 Å². The fraction of sp³-hybridized carbons (Fsp3) is 0.545. The van der Waals surface area contributed by atoms with Gasteiger partial charge in [-0.1, -0.05) is 6.92 Å². The summed E-state index contributed by atoms with van der Waals surface area (Å²) in [4.78, 5) is 3.71. The van der Waals surface area contributed by atoms with Gasteiger partial charge in [-0.05, 0) is 30.9 Å². The van der Waals surface area contributed by atoms with Crippen molar-refractivity contribution >= 4 is 0 Å². The summed E-state index contributed by atoms with van der Waals surface area (Å²) >= 11 is 0. The van der Waals surface area contributed by atoms with E-state index < -0.39 is 17.8 Å². The first kappa shape index (κ1) is 13.0. The number of alkyl halides is 3. The number of pyridine rings is 1. The predicted octanol–water partition coefficient (Wildman–Crippen LogP) is 2.97. The van der Waals surface area contributed by atoms with E-state index in [0.29, 0.717) is 0 Å². The Balaban J connectivity index is 3.04. The van der Waals surface area contributed by atoms with Gasteiger partial charge in [0, 0.05) is 12.4 Å². The zero-order valence-corrected chi connectivity index (χ0v) is 9.12. The summed E-state index contributed by atoms with van der Waals surface area (Å²) in [5.74, 6) is -0.370. The van der Waals surface area contributed by atoms with Crippen molar-refractivity contribution in [1.29, 1.82) is 0 Å². The van der Waals surface area contributed by atoms with Gasteiger partial charge in [-0.2, -0.15) is 13.2 Å². The van der Waals surface area contributed by atoms with Gasteiger partial charge in [0.2, 0.25) is 0 Å². The lowest BCUT2D eigenvalue weighted by Crippen LogP contribution is -2.14. The fourth-order valence-electron chi connectivity index (χ4n) is 1.70. The highest BCUT2D eigenvalue weighted by Crippen LogP contribution is 2.35. The SMILES string of the molecule is CC(O)CC(C)c1cnccc1C(F)(F)F. The van der Waals surface area contributed by atoms with Crippen molar-refractivity contribution in [2.24, 2.45) is 0 Å². The van der Waals surface area contributed by atoms with Gasteiger partial charge in [0.1, 0.15) is 0 Å². The van der Waals surface area contributed by atoms with Gasteiger partial charge < -0.3 is 5.11 Å². The highest BCUT2D eigenvalue weighted by Gasteiger charge is 2.34. The average Bonchev–Trinajstić information content (AvgIpc) is 2.15. The van der Waals surface area contributed by atoms with Crippen LogP contribution in [0, 0.1) is 0 Å². The number of aromatic nitrogens is 1. The summed E-state index contributed by atoms with van der Waals surface area (Å²) in [5, 5.41) is 9.18. The Bertz CT molecular complexity index is 349. The van der Waals surface area contributed by atoms with Crippen LogP contribution in [0.4, 0.5) is 13.2 Å². The highest BCUT2D eigenvalue weighted by molar-refractivity contribution is 5.29. The van der Waals surface area contributed by atoms with Gasteiger partial charge >= 0.3 is 6.18 Å². The minimum absolute atomic E-state index is 0.135. The van der Waals surface area contributed by atoms with Crippen molar-refractivity contribution in [2.75, 3.05) is 0 Å². The number of hydrogen-bond acceptors (Lipinski definition) is 2. The Kier molecular flexibility index (Phi) is 3.91. The second-order valence-electron chi connectivity index (χ2n) is 3.95. The van der Waals surface area contributed by atoms with E-state index in [0.717, 1.165) is 12.3 Å². The predicted molar refractivity (Wildman–Crippen MR) is 54.0 cm³/mol. The van der Waals surface area contributed by atoms with E-state index in [-0.39, 0.29) is 17.9 Å². The van der Waals surface area contributed by atoms with Crippen molar-refractivity contribution in [2.45, 2.75) is 38.5 Å². The molecule has 16 heavy (non-hydrogen) atoms. The summed E-state index contributed by atoms with van der Waals surface area (Å²) in [6.45, 7) is 3.21. The first-order chi connectivity index (χ1) is 7.32. The first-order valence-electron chi connectivity index (χ1n) is 5.01. The topological polar surface area (TPSA) is 33.1 Å². The van der Waals surface area contributed by atoms with Crippen LogP contribution in [0.5, 0.6) is 0 Å². The minimum atomic E-state index is -4.37. The number of rotatable bonds is 3. The van der Waals surface area contributed by atoms with Crippen LogP contribution >= 0.6 is 0 Å². The van der Waals surface area contributed by atoms with Crippen LogP contribution in [0.1, 0.15) is 37.3 Å². The van der Waals surface area contributed by atoms with Gasteiger partial charge in [0.05, 0.1) is 11.7 Å². The zero-order valence-electron chi connectivity index (χ0n) is 9.12. The number of hydrogen-bond donors (Lipinski definition) is 1. The lowest BCUT2D eigenvalue weighted by molar-refractivity contribution is -0.138. The third kappa shape index (κ3) is 3.20.